The maximum absolute atomic E-state index is 13.6. The van der Waals surface area contributed by atoms with Crippen LogP contribution in [-0.2, 0) is 6.54 Å². The zero-order valence-corrected chi connectivity index (χ0v) is 21.2. The highest BCUT2D eigenvalue weighted by atomic mass is 16.5. The largest absolute Gasteiger partial charge is 0.477 e. The SMILES string of the molecule is O=C(NC1C2CC3CC(C2)CC1C3)c1cnn(CCN2C[C@@H]3C[C@H]2CN3)c1OCC1CCCCC1. The van der Waals surface area contributed by atoms with Gasteiger partial charge in [0.25, 0.3) is 5.91 Å². The monoisotopic (exact) mass is 481 g/mol. The molecule has 2 atom stereocenters. The van der Waals surface area contributed by atoms with E-state index in [0.29, 0.717) is 53.9 Å². The van der Waals surface area contributed by atoms with Gasteiger partial charge < -0.3 is 15.4 Å². The van der Waals surface area contributed by atoms with E-state index in [1.54, 1.807) is 6.20 Å². The molecule has 0 unspecified atom stereocenters. The van der Waals surface area contributed by atoms with E-state index in [9.17, 15) is 4.79 Å². The predicted molar refractivity (Wildman–Crippen MR) is 134 cm³/mol. The molecule has 5 aliphatic carbocycles. The number of piperazine rings is 1. The molecule has 7 heteroatoms. The third-order valence-electron chi connectivity index (χ3n) is 10.5. The fourth-order valence-corrected chi connectivity index (χ4v) is 8.93. The van der Waals surface area contributed by atoms with Gasteiger partial charge in [0.15, 0.2) is 0 Å². The van der Waals surface area contributed by atoms with E-state index in [-0.39, 0.29) is 5.91 Å². The average molecular weight is 482 g/mol. The molecule has 7 aliphatic rings. The number of nitrogens with zero attached hydrogens (tertiary/aromatic N) is 3. The molecule has 1 amide bonds. The fourth-order valence-electron chi connectivity index (χ4n) is 8.93. The number of nitrogens with one attached hydrogen (secondary N) is 2. The Hall–Kier alpha value is -1.60. The number of rotatable bonds is 8. The molecule has 7 fully saturated rings. The lowest BCUT2D eigenvalue weighted by molar-refractivity contribution is -0.0120. The number of likely N-dealkylation sites (tertiary alicyclic amines) is 1. The summed E-state index contributed by atoms with van der Waals surface area (Å²) in [5.74, 6) is 4.54. The Kier molecular flexibility index (Phi) is 6.04. The lowest BCUT2D eigenvalue weighted by atomic mass is 9.54. The van der Waals surface area contributed by atoms with Crippen molar-refractivity contribution in [2.75, 3.05) is 26.2 Å². The Labute approximate surface area is 209 Å². The van der Waals surface area contributed by atoms with Crippen LogP contribution >= 0.6 is 0 Å². The van der Waals surface area contributed by atoms with Crippen molar-refractivity contribution in [2.24, 2.45) is 29.6 Å². The average Bonchev–Trinajstić information content (AvgIpc) is 3.59. The van der Waals surface area contributed by atoms with Crippen LogP contribution in [0.5, 0.6) is 5.88 Å². The second-order valence-corrected chi connectivity index (χ2v) is 12.8. The highest BCUT2D eigenvalue weighted by Crippen LogP contribution is 2.53. The van der Waals surface area contributed by atoms with E-state index in [1.807, 2.05) is 4.68 Å². The number of fused-ring (bicyclic) bond motifs is 2. The van der Waals surface area contributed by atoms with Gasteiger partial charge in [0.1, 0.15) is 5.56 Å². The predicted octanol–water partition coefficient (Wildman–Crippen LogP) is 3.44. The number of carbonyl (C=O) groups excluding carboxylic acids is 1. The van der Waals surface area contributed by atoms with Gasteiger partial charge in [-0.25, -0.2) is 4.68 Å². The van der Waals surface area contributed by atoms with E-state index in [0.717, 1.165) is 38.0 Å². The molecule has 5 saturated carbocycles. The molecule has 2 aliphatic heterocycles. The van der Waals surface area contributed by atoms with Crippen LogP contribution in [0.3, 0.4) is 0 Å². The first kappa shape index (κ1) is 22.6. The van der Waals surface area contributed by atoms with Crippen LogP contribution in [0, 0.1) is 29.6 Å². The van der Waals surface area contributed by atoms with Crippen molar-refractivity contribution < 1.29 is 9.53 Å². The first-order valence-electron chi connectivity index (χ1n) is 14.7. The molecule has 2 N–H and O–H groups in total. The zero-order chi connectivity index (χ0) is 23.4. The molecule has 0 spiro atoms. The molecular weight excluding hydrogens is 438 g/mol. The van der Waals surface area contributed by atoms with Crippen LogP contribution in [-0.4, -0.2) is 65.0 Å². The Morgan fingerprint density at radius 2 is 1.80 bits per heavy atom. The van der Waals surface area contributed by atoms with Crippen LogP contribution in [0.4, 0.5) is 0 Å². The van der Waals surface area contributed by atoms with Crippen LogP contribution in [0.1, 0.15) is 81.0 Å². The quantitative estimate of drug-likeness (QED) is 0.595. The molecule has 1 aromatic rings. The number of aromatic nitrogens is 2. The molecule has 35 heavy (non-hydrogen) atoms. The zero-order valence-electron chi connectivity index (χ0n) is 21.2. The summed E-state index contributed by atoms with van der Waals surface area (Å²) in [5.41, 5.74) is 0.652. The summed E-state index contributed by atoms with van der Waals surface area (Å²) in [7, 11) is 0. The first-order chi connectivity index (χ1) is 17.2. The van der Waals surface area contributed by atoms with E-state index in [4.69, 9.17) is 9.84 Å². The standard InChI is InChI=1S/C28H43N5O2/c34-27(31-26-21-9-19-8-20(11-21)12-22(26)10-19)25-15-30-33(7-6-32-16-23-13-24(32)14-29-23)28(25)35-17-18-4-2-1-3-5-18/h15,18-24,26,29H,1-14,16-17H2,(H,31,34)/t19?,20?,21?,22?,23-,24-,26?/m0/s1. The van der Waals surface area contributed by atoms with Crippen molar-refractivity contribution in [3.8, 4) is 5.88 Å². The van der Waals surface area contributed by atoms with Gasteiger partial charge >= 0.3 is 0 Å². The number of hydrogen-bond acceptors (Lipinski definition) is 5. The summed E-state index contributed by atoms with van der Waals surface area (Å²) >= 11 is 0. The van der Waals surface area contributed by atoms with Crippen molar-refractivity contribution in [3.05, 3.63) is 11.8 Å². The van der Waals surface area contributed by atoms with Crippen LogP contribution < -0.4 is 15.4 Å². The lowest BCUT2D eigenvalue weighted by Crippen LogP contribution is -2.55. The van der Waals surface area contributed by atoms with Crippen molar-refractivity contribution in [3.63, 3.8) is 0 Å². The maximum atomic E-state index is 13.6. The van der Waals surface area contributed by atoms with Gasteiger partial charge in [0.2, 0.25) is 5.88 Å². The summed E-state index contributed by atoms with van der Waals surface area (Å²) in [6.07, 6.45) is 16.2. The molecule has 0 radical (unpaired) electrons. The second kappa shape index (κ2) is 9.37. The summed E-state index contributed by atoms with van der Waals surface area (Å²) in [6, 6.07) is 1.65. The molecule has 0 aromatic carbocycles. The molecular formula is C28H43N5O2. The van der Waals surface area contributed by atoms with Crippen molar-refractivity contribution >= 4 is 5.91 Å². The minimum absolute atomic E-state index is 0.0387. The molecule has 6 bridgehead atoms. The molecule has 8 rings (SSSR count). The first-order valence-corrected chi connectivity index (χ1v) is 14.7. The summed E-state index contributed by atoms with van der Waals surface area (Å²) in [4.78, 5) is 16.2. The van der Waals surface area contributed by atoms with E-state index in [2.05, 4.69) is 15.5 Å². The van der Waals surface area contributed by atoms with Crippen molar-refractivity contribution in [1.82, 2.24) is 25.3 Å². The number of amides is 1. The normalized spacial score (nSPS) is 38.3. The van der Waals surface area contributed by atoms with E-state index < -0.39 is 0 Å². The Bertz CT molecular complexity index is 896. The third kappa shape index (κ3) is 4.41. The number of carbonyl (C=O) groups is 1. The van der Waals surface area contributed by atoms with Crippen molar-refractivity contribution in [1.29, 1.82) is 0 Å². The van der Waals surface area contributed by atoms with Gasteiger partial charge in [-0.2, -0.15) is 5.10 Å². The van der Waals surface area contributed by atoms with Gasteiger partial charge in [-0.1, -0.05) is 19.3 Å². The van der Waals surface area contributed by atoms with Crippen LogP contribution in [0.15, 0.2) is 6.20 Å². The Morgan fingerprint density at radius 3 is 2.49 bits per heavy atom. The number of hydrogen-bond donors (Lipinski definition) is 2. The van der Waals surface area contributed by atoms with E-state index >= 15 is 0 Å². The van der Waals surface area contributed by atoms with Crippen LogP contribution in [0.2, 0.25) is 0 Å². The molecule has 7 nitrogen and oxygen atoms in total. The van der Waals surface area contributed by atoms with Gasteiger partial charge in [-0.15, -0.1) is 0 Å². The lowest BCUT2D eigenvalue weighted by Gasteiger charge is -2.54. The highest BCUT2D eigenvalue weighted by molar-refractivity contribution is 5.96. The summed E-state index contributed by atoms with van der Waals surface area (Å²) in [5, 5.41) is 11.8. The second-order valence-electron chi connectivity index (χ2n) is 12.8. The molecule has 192 valence electrons. The minimum atomic E-state index is 0.0387. The Morgan fingerprint density at radius 1 is 1.03 bits per heavy atom. The van der Waals surface area contributed by atoms with Gasteiger partial charge in [0.05, 0.1) is 19.3 Å². The molecule has 3 heterocycles. The summed E-state index contributed by atoms with van der Waals surface area (Å²) < 4.78 is 8.44. The number of ether oxygens (including phenoxy) is 1. The van der Waals surface area contributed by atoms with E-state index in [1.165, 1.54) is 70.6 Å². The smallest absolute Gasteiger partial charge is 0.258 e. The van der Waals surface area contributed by atoms with Crippen molar-refractivity contribution in [2.45, 2.75) is 95.3 Å². The molecule has 1 aromatic heterocycles. The molecule has 2 saturated heterocycles. The van der Waals surface area contributed by atoms with Gasteiger partial charge in [-0.05, 0) is 81.0 Å². The highest BCUT2D eigenvalue weighted by Gasteiger charge is 2.49. The summed E-state index contributed by atoms with van der Waals surface area (Å²) in [6.45, 7) is 4.70. The van der Waals surface area contributed by atoms with Gasteiger partial charge in [0, 0.05) is 37.8 Å². The minimum Gasteiger partial charge on any atom is -0.477 e. The van der Waals surface area contributed by atoms with Gasteiger partial charge in [-0.3, -0.25) is 9.69 Å². The Balaban J connectivity index is 1.06. The third-order valence-corrected chi connectivity index (χ3v) is 10.5. The fraction of sp³-hybridized carbons (Fsp3) is 0.857. The van der Waals surface area contributed by atoms with Crippen LogP contribution in [0.25, 0.3) is 0 Å². The topological polar surface area (TPSA) is 71.4 Å². The maximum Gasteiger partial charge on any atom is 0.258 e.